The Kier molecular flexibility index (Phi) is 4.96. The zero-order valence-electron chi connectivity index (χ0n) is 13.5. The van der Waals surface area contributed by atoms with Gasteiger partial charge in [0.05, 0.1) is 12.1 Å². The molecule has 2 amide bonds. The van der Waals surface area contributed by atoms with Crippen LogP contribution in [0.2, 0.25) is 0 Å². The number of amides is 2. The standard InChI is InChI=1S/C18H23N3OS/c1-3-11-21(4-2)23-20-18(22)19-17-15-9-5-7-13(15)12-14-8-6-10-16(14)17/h3-4,11-12H,2,5-10H2,1H3,(H2,19,20,22)/b11-3-. The minimum atomic E-state index is -0.180. The fourth-order valence-corrected chi connectivity index (χ4v) is 3.97. The molecule has 2 N–H and O–H groups in total. The number of urea groups is 1. The molecule has 3 rings (SSSR count). The molecular weight excluding hydrogens is 306 g/mol. The van der Waals surface area contributed by atoms with Crippen LogP contribution in [0.15, 0.2) is 31.1 Å². The topological polar surface area (TPSA) is 44.4 Å². The average Bonchev–Trinajstić information content (AvgIpc) is 3.19. The van der Waals surface area contributed by atoms with E-state index in [2.05, 4.69) is 22.7 Å². The van der Waals surface area contributed by atoms with Crippen LogP contribution in [0.4, 0.5) is 10.5 Å². The first-order valence-corrected chi connectivity index (χ1v) is 8.94. The van der Waals surface area contributed by atoms with E-state index < -0.39 is 0 Å². The Morgan fingerprint density at radius 2 is 1.87 bits per heavy atom. The van der Waals surface area contributed by atoms with Gasteiger partial charge in [0.2, 0.25) is 0 Å². The van der Waals surface area contributed by atoms with E-state index >= 15 is 0 Å². The van der Waals surface area contributed by atoms with E-state index in [1.54, 1.807) is 10.5 Å². The van der Waals surface area contributed by atoms with E-state index in [1.807, 2.05) is 19.2 Å². The van der Waals surface area contributed by atoms with Gasteiger partial charge in [-0.15, -0.1) is 0 Å². The Labute approximate surface area is 142 Å². The molecule has 1 aromatic rings. The second-order valence-corrected chi connectivity index (χ2v) is 6.71. The molecule has 0 fully saturated rings. The van der Waals surface area contributed by atoms with Gasteiger partial charge in [-0.05, 0) is 67.7 Å². The van der Waals surface area contributed by atoms with E-state index in [9.17, 15) is 4.79 Å². The second-order valence-electron chi connectivity index (χ2n) is 5.91. The van der Waals surface area contributed by atoms with Gasteiger partial charge in [-0.1, -0.05) is 18.7 Å². The minimum absolute atomic E-state index is 0.180. The summed E-state index contributed by atoms with van der Waals surface area (Å²) in [5.41, 5.74) is 6.62. The van der Waals surface area contributed by atoms with E-state index in [0.29, 0.717) is 0 Å². The Hall–Kier alpha value is -1.88. The van der Waals surface area contributed by atoms with E-state index in [-0.39, 0.29) is 6.03 Å². The van der Waals surface area contributed by atoms with Crippen LogP contribution in [0.3, 0.4) is 0 Å². The molecule has 0 spiro atoms. The Morgan fingerprint density at radius 3 is 2.43 bits per heavy atom. The van der Waals surface area contributed by atoms with Crippen molar-refractivity contribution < 1.29 is 4.79 Å². The van der Waals surface area contributed by atoms with Crippen LogP contribution in [0.5, 0.6) is 0 Å². The zero-order valence-corrected chi connectivity index (χ0v) is 14.3. The van der Waals surface area contributed by atoms with Gasteiger partial charge in [0.1, 0.15) is 0 Å². The van der Waals surface area contributed by atoms with Crippen LogP contribution >= 0.6 is 12.1 Å². The molecule has 0 saturated heterocycles. The number of allylic oxidation sites excluding steroid dienone is 1. The molecule has 5 heteroatoms. The molecule has 0 radical (unpaired) electrons. The second kappa shape index (κ2) is 7.13. The fraction of sp³-hybridized carbons (Fsp3) is 0.389. The summed E-state index contributed by atoms with van der Waals surface area (Å²) < 4.78 is 4.57. The summed E-state index contributed by atoms with van der Waals surface area (Å²) >= 11 is 1.21. The van der Waals surface area contributed by atoms with Gasteiger partial charge >= 0.3 is 6.03 Å². The minimum Gasteiger partial charge on any atom is -0.307 e. The van der Waals surface area contributed by atoms with E-state index in [0.717, 1.165) is 31.4 Å². The van der Waals surface area contributed by atoms with Crippen LogP contribution in [-0.4, -0.2) is 10.3 Å². The smallest absolute Gasteiger partial charge is 0.307 e. The SMILES string of the molecule is C=CN(/C=C\C)SNC(=O)Nc1c2c(cc3c1CCC3)CCC2. The fourth-order valence-electron chi connectivity index (χ4n) is 3.48. The predicted molar refractivity (Wildman–Crippen MR) is 97.1 cm³/mol. The van der Waals surface area contributed by atoms with E-state index in [4.69, 9.17) is 0 Å². The van der Waals surface area contributed by atoms with Gasteiger partial charge in [-0.25, -0.2) is 4.79 Å². The summed E-state index contributed by atoms with van der Waals surface area (Å²) in [6, 6.07) is 2.19. The molecule has 2 aliphatic rings. The number of carbonyl (C=O) groups excluding carboxylic acids is 1. The molecule has 0 unspecified atom stereocenters. The van der Waals surface area contributed by atoms with Gasteiger partial charge in [-0.2, -0.15) is 0 Å². The number of hydrogen-bond acceptors (Lipinski definition) is 3. The summed E-state index contributed by atoms with van der Waals surface area (Å²) in [6.07, 6.45) is 12.2. The highest BCUT2D eigenvalue weighted by atomic mass is 32.2. The summed E-state index contributed by atoms with van der Waals surface area (Å²) in [5, 5.41) is 3.11. The number of rotatable bonds is 5. The summed E-state index contributed by atoms with van der Waals surface area (Å²) in [7, 11) is 0. The third-order valence-electron chi connectivity index (χ3n) is 4.43. The largest absolute Gasteiger partial charge is 0.330 e. The Balaban J connectivity index is 1.73. The van der Waals surface area contributed by atoms with E-state index in [1.165, 1.54) is 47.2 Å². The highest BCUT2D eigenvalue weighted by Gasteiger charge is 2.24. The summed E-state index contributed by atoms with van der Waals surface area (Å²) in [5.74, 6) is 0. The van der Waals surface area contributed by atoms with Crippen LogP contribution in [0.25, 0.3) is 0 Å². The number of nitrogens with one attached hydrogen (secondary N) is 2. The first kappa shape index (κ1) is 16.0. The van der Waals surface area contributed by atoms with Gasteiger partial charge in [0, 0.05) is 18.1 Å². The average molecular weight is 329 g/mol. The number of benzene rings is 1. The van der Waals surface area contributed by atoms with Crippen LogP contribution in [-0.2, 0) is 25.7 Å². The lowest BCUT2D eigenvalue weighted by atomic mass is 9.99. The molecular formula is C18H23N3OS. The molecule has 0 bridgehead atoms. The highest BCUT2D eigenvalue weighted by Crippen LogP contribution is 2.38. The van der Waals surface area contributed by atoms with Gasteiger partial charge in [0.15, 0.2) is 0 Å². The van der Waals surface area contributed by atoms with Crippen molar-refractivity contribution in [1.82, 2.24) is 9.03 Å². The molecule has 4 nitrogen and oxygen atoms in total. The lowest BCUT2D eigenvalue weighted by Crippen LogP contribution is -2.26. The molecule has 0 atom stereocenters. The third kappa shape index (κ3) is 3.39. The molecule has 0 aromatic heterocycles. The van der Waals surface area contributed by atoms with Gasteiger partial charge in [0.25, 0.3) is 0 Å². The normalized spacial score (nSPS) is 15.3. The Bertz CT molecular complexity index is 622. The lowest BCUT2D eigenvalue weighted by Gasteiger charge is -2.18. The summed E-state index contributed by atoms with van der Waals surface area (Å²) in [4.78, 5) is 12.3. The van der Waals surface area contributed by atoms with Crippen molar-refractivity contribution in [2.75, 3.05) is 5.32 Å². The zero-order chi connectivity index (χ0) is 16.2. The third-order valence-corrected chi connectivity index (χ3v) is 5.19. The predicted octanol–water partition coefficient (Wildman–Crippen LogP) is 4.33. The van der Waals surface area contributed by atoms with Crippen molar-refractivity contribution in [3.63, 3.8) is 0 Å². The molecule has 0 heterocycles. The number of nitrogens with zero attached hydrogens (tertiary/aromatic N) is 1. The van der Waals surface area contributed by atoms with Gasteiger partial charge < -0.3 is 5.32 Å². The van der Waals surface area contributed by atoms with Crippen molar-refractivity contribution in [1.29, 1.82) is 0 Å². The van der Waals surface area contributed by atoms with Crippen molar-refractivity contribution >= 4 is 23.9 Å². The van der Waals surface area contributed by atoms with Crippen LogP contribution in [0, 0.1) is 0 Å². The summed E-state index contributed by atoms with van der Waals surface area (Å²) in [6.45, 7) is 5.64. The van der Waals surface area contributed by atoms with Crippen molar-refractivity contribution in [3.05, 3.63) is 53.4 Å². The maximum atomic E-state index is 12.3. The molecule has 1 aromatic carbocycles. The lowest BCUT2D eigenvalue weighted by molar-refractivity contribution is 0.257. The van der Waals surface area contributed by atoms with Crippen molar-refractivity contribution in [3.8, 4) is 0 Å². The van der Waals surface area contributed by atoms with Crippen molar-refractivity contribution in [2.45, 2.75) is 45.4 Å². The Morgan fingerprint density at radius 1 is 1.22 bits per heavy atom. The number of fused-ring (bicyclic) bond motifs is 2. The molecule has 23 heavy (non-hydrogen) atoms. The van der Waals surface area contributed by atoms with Gasteiger partial charge in [-0.3, -0.25) is 9.03 Å². The number of hydrogen-bond donors (Lipinski definition) is 2. The first-order valence-electron chi connectivity index (χ1n) is 8.17. The van der Waals surface area contributed by atoms with Crippen LogP contribution in [0.1, 0.15) is 42.0 Å². The molecule has 0 saturated carbocycles. The maximum Gasteiger partial charge on any atom is 0.330 e. The van der Waals surface area contributed by atoms with Crippen molar-refractivity contribution in [2.24, 2.45) is 0 Å². The number of anilines is 1. The number of aryl methyl sites for hydroxylation is 2. The monoisotopic (exact) mass is 329 g/mol. The quantitative estimate of drug-likeness (QED) is 0.790. The molecule has 0 aliphatic heterocycles. The first-order chi connectivity index (χ1) is 11.2. The maximum absolute atomic E-state index is 12.3. The molecule has 122 valence electrons. The number of carbonyl (C=O) groups is 1. The highest BCUT2D eigenvalue weighted by molar-refractivity contribution is 7.95. The van der Waals surface area contributed by atoms with Crippen LogP contribution < -0.4 is 10.0 Å². The molecule has 2 aliphatic carbocycles.